The molecule has 45 heavy (non-hydrogen) atoms. The van der Waals surface area contributed by atoms with E-state index in [0.717, 1.165) is 17.4 Å². The largest absolute Gasteiger partial charge is 0.494 e. The van der Waals surface area contributed by atoms with Gasteiger partial charge in [0.2, 0.25) is 5.91 Å². The van der Waals surface area contributed by atoms with Gasteiger partial charge in [-0.2, -0.15) is 31.4 Å². The molecule has 0 unspecified atom stereocenters. The van der Waals surface area contributed by atoms with Crippen LogP contribution in [0.25, 0.3) is 0 Å². The highest BCUT2D eigenvalue weighted by atomic mass is 32.2. The topological polar surface area (TPSA) is 119 Å². The molecule has 248 valence electrons. The molecule has 1 aromatic heterocycles. The maximum Gasteiger partial charge on any atom is 0.391 e. The van der Waals surface area contributed by atoms with Crippen molar-refractivity contribution in [1.29, 1.82) is 0 Å². The van der Waals surface area contributed by atoms with Crippen molar-refractivity contribution >= 4 is 27.5 Å². The van der Waals surface area contributed by atoms with E-state index in [-0.39, 0.29) is 56.1 Å². The predicted octanol–water partition coefficient (Wildman–Crippen LogP) is 5.08. The first-order chi connectivity index (χ1) is 20.9. The predicted molar refractivity (Wildman–Crippen MR) is 150 cm³/mol. The van der Waals surface area contributed by atoms with E-state index < -0.39 is 57.6 Å². The summed E-state index contributed by atoms with van der Waals surface area (Å²) in [5.74, 6) is -3.47. The lowest BCUT2D eigenvalue weighted by atomic mass is 9.81. The first kappa shape index (κ1) is 33.1. The Morgan fingerprint density at radius 2 is 1.87 bits per heavy atom. The van der Waals surface area contributed by atoms with E-state index in [9.17, 15) is 44.3 Å². The highest BCUT2D eigenvalue weighted by Crippen LogP contribution is 2.45. The van der Waals surface area contributed by atoms with Gasteiger partial charge in [-0.3, -0.25) is 14.3 Å². The van der Waals surface area contributed by atoms with Crippen molar-refractivity contribution in [2.24, 2.45) is 11.8 Å². The van der Waals surface area contributed by atoms with Gasteiger partial charge in [0.15, 0.2) is 15.7 Å². The molecule has 1 aromatic carbocycles. The number of fused-ring (bicyclic) bond motifs is 3. The van der Waals surface area contributed by atoms with E-state index in [1.807, 2.05) is 0 Å². The summed E-state index contributed by atoms with van der Waals surface area (Å²) in [6.45, 7) is 0.108. The van der Waals surface area contributed by atoms with Crippen molar-refractivity contribution in [1.82, 2.24) is 15.1 Å². The lowest BCUT2D eigenvalue weighted by molar-refractivity contribution is -0.184. The Labute approximate surface area is 256 Å². The van der Waals surface area contributed by atoms with E-state index in [0.29, 0.717) is 37.1 Å². The molecule has 16 heteroatoms. The number of amides is 2. The summed E-state index contributed by atoms with van der Waals surface area (Å²) in [6, 6.07) is 5.14. The van der Waals surface area contributed by atoms with Gasteiger partial charge in [-0.25, -0.2) is 8.42 Å². The summed E-state index contributed by atoms with van der Waals surface area (Å²) in [6.07, 6.45) is -6.93. The van der Waals surface area contributed by atoms with Crippen molar-refractivity contribution in [2.75, 3.05) is 23.9 Å². The van der Waals surface area contributed by atoms with E-state index in [1.165, 1.54) is 0 Å². The monoisotopic (exact) mass is 664 g/mol. The van der Waals surface area contributed by atoms with Crippen LogP contribution in [0.2, 0.25) is 0 Å². The van der Waals surface area contributed by atoms with Crippen LogP contribution in [-0.2, 0) is 39.6 Å². The van der Waals surface area contributed by atoms with Gasteiger partial charge < -0.3 is 15.4 Å². The van der Waals surface area contributed by atoms with E-state index in [1.54, 1.807) is 22.9 Å². The summed E-state index contributed by atoms with van der Waals surface area (Å²) < 4.78 is 108. The normalized spacial score (nSPS) is 23.4. The molecular formula is C29H34F6N4O5S. The first-order valence-corrected chi connectivity index (χ1v) is 16.8. The number of alkyl halides is 6. The minimum Gasteiger partial charge on any atom is -0.494 e. The number of carbonyl (C=O) groups excluding carboxylic acids is 2. The number of aromatic nitrogens is 2. The Morgan fingerprint density at radius 3 is 2.51 bits per heavy atom. The molecule has 3 aliphatic rings. The van der Waals surface area contributed by atoms with E-state index >= 15 is 0 Å². The molecule has 1 spiro atoms. The minimum atomic E-state index is -4.27. The van der Waals surface area contributed by atoms with Gasteiger partial charge >= 0.3 is 12.4 Å². The molecule has 9 nitrogen and oxygen atoms in total. The number of nitrogens with one attached hydrogen (secondary N) is 2. The number of ether oxygens (including phenoxy) is 1. The van der Waals surface area contributed by atoms with Crippen molar-refractivity contribution in [3.63, 3.8) is 0 Å². The molecule has 0 saturated heterocycles. The molecule has 2 aromatic rings. The van der Waals surface area contributed by atoms with Gasteiger partial charge in [-0.1, -0.05) is 6.07 Å². The third-order valence-corrected chi connectivity index (χ3v) is 9.57. The Hall–Kier alpha value is -3.30. The zero-order valence-corrected chi connectivity index (χ0v) is 25.3. The molecule has 1 fully saturated rings. The van der Waals surface area contributed by atoms with Crippen LogP contribution in [0.5, 0.6) is 5.75 Å². The third-order valence-electron chi connectivity index (χ3n) is 8.79. The van der Waals surface area contributed by atoms with E-state index in [2.05, 4.69) is 15.7 Å². The van der Waals surface area contributed by atoms with Gasteiger partial charge in [-0.15, -0.1) is 0 Å². The second kappa shape index (κ2) is 12.1. The lowest BCUT2D eigenvalue weighted by Gasteiger charge is -2.36. The van der Waals surface area contributed by atoms with E-state index in [4.69, 9.17) is 4.74 Å². The Morgan fingerprint density at radius 1 is 1.16 bits per heavy atom. The summed E-state index contributed by atoms with van der Waals surface area (Å²) in [7, 11) is -3.68. The van der Waals surface area contributed by atoms with Crippen LogP contribution in [0, 0.1) is 11.8 Å². The second-order valence-corrected chi connectivity index (χ2v) is 14.5. The lowest BCUT2D eigenvalue weighted by Crippen LogP contribution is -2.50. The van der Waals surface area contributed by atoms with Crippen LogP contribution in [0.4, 0.5) is 32.2 Å². The summed E-state index contributed by atoms with van der Waals surface area (Å²) in [4.78, 5) is 26.1. The number of benzene rings is 1. The van der Waals surface area contributed by atoms with Gasteiger partial charge in [0.05, 0.1) is 23.8 Å². The minimum absolute atomic E-state index is 0.0199. The van der Waals surface area contributed by atoms with Crippen LogP contribution in [-0.4, -0.2) is 61.0 Å². The Bertz CT molecular complexity index is 1560. The van der Waals surface area contributed by atoms with Crippen molar-refractivity contribution in [2.45, 2.75) is 82.2 Å². The fourth-order valence-electron chi connectivity index (χ4n) is 6.68. The van der Waals surface area contributed by atoms with Crippen molar-refractivity contribution < 1.29 is 49.1 Å². The number of halogens is 6. The number of carbonyl (C=O) groups is 2. The van der Waals surface area contributed by atoms with Gasteiger partial charge in [0, 0.05) is 25.6 Å². The molecule has 1 aliphatic heterocycles. The van der Waals surface area contributed by atoms with Crippen molar-refractivity contribution in [3.8, 4) is 5.75 Å². The summed E-state index contributed by atoms with van der Waals surface area (Å²) in [5, 5.41) is 9.94. The fraction of sp³-hybridized carbons (Fsp3) is 0.621. The Kier molecular flexibility index (Phi) is 8.92. The van der Waals surface area contributed by atoms with Crippen LogP contribution in [0.15, 0.2) is 18.2 Å². The number of hydrogen-bond acceptors (Lipinski definition) is 6. The number of hydrogen-bond donors (Lipinski definition) is 2. The summed E-state index contributed by atoms with van der Waals surface area (Å²) >= 11 is 0. The molecule has 2 N–H and O–H groups in total. The van der Waals surface area contributed by atoms with Crippen LogP contribution in [0.1, 0.15) is 72.1 Å². The molecule has 1 saturated carbocycles. The van der Waals surface area contributed by atoms with Gasteiger partial charge in [0.1, 0.15) is 17.1 Å². The maximum absolute atomic E-state index is 13.6. The number of anilines is 1. The molecular weight excluding hydrogens is 630 g/mol. The zero-order valence-electron chi connectivity index (χ0n) is 24.5. The molecule has 2 heterocycles. The van der Waals surface area contributed by atoms with Crippen LogP contribution >= 0.6 is 0 Å². The van der Waals surface area contributed by atoms with Gasteiger partial charge in [-0.05, 0) is 74.1 Å². The molecule has 2 aliphatic carbocycles. The number of rotatable bonds is 9. The standard InChI is InChI=1S/C29H34F6N4O5S/c1-45(42,43)16-23(40)36-25-24-22(39(38-25)15-17-3-5-19(6-4-17)29(33,34)35)14-27(37-26(24)41)11-9-18-13-20(7-8-21(18)27)44-12-2-10-28(30,31)32/h7-8,13,17,19H,2-6,9-12,14-16H2,1H3,(H,37,41)(H,36,38,40)/t17?,19?,27-/m0/s1. The maximum atomic E-state index is 13.6. The van der Waals surface area contributed by atoms with Gasteiger partial charge in [0.25, 0.3) is 5.91 Å². The molecule has 5 rings (SSSR count). The van der Waals surface area contributed by atoms with Crippen LogP contribution in [0.3, 0.4) is 0 Å². The Balaban J connectivity index is 1.39. The third kappa shape index (κ3) is 7.75. The molecule has 0 radical (unpaired) electrons. The molecule has 0 bridgehead atoms. The fourth-order valence-corrected chi connectivity index (χ4v) is 7.23. The average Bonchev–Trinajstić information content (AvgIpc) is 3.42. The molecule has 1 atom stereocenters. The average molecular weight is 665 g/mol. The number of nitrogens with zero attached hydrogens (tertiary/aromatic N) is 2. The summed E-state index contributed by atoms with van der Waals surface area (Å²) in [5.41, 5.74) is 1.33. The van der Waals surface area contributed by atoms with Crippen molar-refractivity contribution in [3.05, 3.63) is 40.6 Å². The smallest absolute Gasteiger partial charge is 0.391 e. The quantitative estimate of drug-likeness (QED) is 0.285. The SMILES string of the molecule is CS(=O)(=O)CC(=O)Nc1nn(CC2CCC(C(F)(F)F)CC2)c2c1C(=O)N[C@@]1(CCc3cc(OCCCC(F)(F)F)ccc31)C2. The van der Waals surface area contributed by atoms with Crippen LogP contribution < -0.4 is 15.4 Å². The highest BCUT2D eigenvalue weighted by Gasteiger charge is 2.47. The zero-order chi connectivity index (χ0) is 32.8. The first-order valence-electron chi connectivity index (χ1n) is 14.7. The number of aryl methyl sites for hydroxylation is 1. The number of sulfone groups is 1. The molecule has 2 amide bonds. The second-order valence-electron chi connectivity index (χ2n) is 12.3. The highest BCUT2D eigenvalue weighted by molar-refractivity contribution is 7.91.